The molecule has 0 amide bonds. The third-order valence-corrected chi connectivity index (χ3v) is 16.0. The van der Waals surface area contributed by atoms with E-state index in [2.05, 4.69) is 48.4 Å². The quantitative estimate of drug-likeness (QED) is 0.0922. The van der Waals surface area contributed by atoms with Gasteiger partial charge in [-0.2, -0.15) is 0 Å². The summed E-state index contributed by atoms with van der Waals surface area (Å²) in [5, 5.41) is 0. The second-order valence-electron chi connectivity index (χ2n) is 20.0. The molecule has 2 atom stereocenters. The minimum absolute atomic E-state index is 0.0779. The summed E-state index contributed by atoms with van der Waals surface area (Å²) in [6.45, 7) is 7.91. The lowest BCUT2D eigenvalue weighted by molar-refractivity contribution is 0.435. The summed E-state index contributed by atoms with van der Waals surface area (Å²) in [6.07, 6.45) is 3.40. The van der Waals surface area contributed by atoms with Crippen LogP contribution in [0.1, 0.15) is 55.6 Å². The molecule has 0 radical (unpaired) electrons. The molecule has 2 aliphatic rings. The smallest absolute Gasteiger partial charge is 0.194 e. The van der Waals surface area contributed by atoms with Crippen LogP contribution in [0, 0.1) is 34.9 Å². The van der Waals surface area contributed by atoms with E-state index in [1.807, 2.05) is 182 Å². The molecule has 0 saturated heterocycles. The summed E-state index contributed by atoms with van der Waals surface area (Å²) >= 11 is 0. The molecule has 0 aromatic heterocycles. The first kappa shape index (κ1) is 48.9. The molecule has 2 unspecified atom stereocenters. The highest BCUT2D eigenvalue weighted by Gasteiger charge is 2.50. The molecular formula is C72H45F6N. The van der Waals surface area contributed by atoms with E-state index in [1.165, 1.54) is 12.1 Å². The van der Waals surface area contributed by atoms with E-state index in [0.29, 0.717) is 50.4 Å². The topological polar surface area (TPSA) is 3.24 Å². The standard InChI is InChI=1S/C72H45F6N/c1-3-44-21-27-50(28-22-44)71(61-37-39-65(73)69(77)67(61)75)59-19-10-8-17-55(59)57-35-33-53(42-63(57)71)79(52-31-25-47(26-32-52)49-16-12-15-48(41-49)46-13-6-5-7-14-46)54-34-36-58-56-18-9-11-20-60(56)72(64(58)43-54,51-29-23-45(4-2)24-30-51)62-38-40-66(74)70(78)68(62)76/h3-43H,1-2H2. The van der Waals surface area contributed by atoms with Crippen molar-refractivity contribution in [3.05, 3.63) is 340 Å². The van der Waals surface area contributed by atoms with Crippen LogP contribution in [0.25, 0.3) is 56.7 Å². The Morgan fingerprint density at radius 1 is 0.291 bits per heavy atom. The summed E-state index contributed by atoms with van der Waals surface area (Å²) in [7, 11) is 0. The average molecular weight is 1040 g/mol. The van der Waals surface area contributed by atoms with Crippen LogP contribution in [0.4, 0.5) is 43.4 Å². The van der Waals surface area contributed by atoms with Crippen molar-refractivity contribution in [3.63, 3.8) is 0 Å². The van der Waals surface area contributed by atoms with Crippen molar-refractivity contribution in [2.75, 3.05) is 4.90 Å². The number of benzene rings is 11. The maximum Gasteiger partial charge on any atom is 0.194 e. The Kier molecular flexibility index (Phi) is 11.8. The Hall–Kier alpha value is -9.72. The fourth-order valence-electron chi connectivity index (χ4n) is 12.5. The van der Waals surface area contributed by atoms with Crippen LogP contribution in [-0.4, -0.2) is 0 Å². The van der Waals surface area contributed by atoms with Gasteiger partial charge in [-0.1, -0.05) is 207 Å². The van der Waals surface area contributed by atoms with Gasteiger partial charge in [-0.3, -0.25) is 0 Å². The van der Waals surface area contributed by atoms with Crippen molar-refractivity contribution in [1.82, 2.24) is 0 Å². The van der Waals surface area contributed by atoms with Crippen LogP contribution in [0.2, 0.25) is 0 Å². The summed E-state index contributed by atoms with van der Waals surface area (Å²) < 4.78 is 96.1. The molecule has 2 aliphatic carbocycles. The van der Waals surface area contributed by atoms with Crippen molar-refractivity contribution in [1.29, 1.82) is 0 Å². The van der Waals surface area contributed by atoms with Crippen LogP contribution in [0.3, 0.4) is 0 Å². The Bertz CT molecular complexity index is 4030. The molecule has 0 N–H and O–H groups in total. The fourth-order valence-corrected chi connectivity index (χ4v) is 12.5. The van der Waals surface area contributed by atoms with Gasteiger partial charge in [0.15, 0.2) is 34.9 Å². The van der Waals surface area contributed by atoms with Crippen molar-refractivity contribution < 1.29 is 26.3 Å². The highest BCUT2D eigenvalue weighted by atomic mass is 19.2. The lowest BCUT2D eigenvalue weighted by atomic mass is 9.67. The lowest BCUT2D eigenvalue weighted by Gasteiger charge is -2.36. The highest BCUT2D eigenvalue weighted by molar-refractivity contribution is 5.93. The van der Waals surface area contributed by atoms with E-state index < -0.39 is 45.7 Å². The molecule has 7 heteroatoms. The zero-order chi connectivity index (χ0) is 54.2. The van der Waals surface area contributed by atoms with Crippen molar-refractivity contribution in [3.8, 4) is 44.5 Å². The van der Waals surface area contributed by atoms with Gasteiger partial charge in [0.05, 0.1) is 10.8 Å². The van der Waals surface area contributed by atoms with Gasteiger partial charge in [0.1, 0.15) is 0 Å². The number of hydrogen-bond donors (Lipinski definition) is 0. The third kappa shape index (κ3) is 7.48. The Morgan fingerprint density at radius 2 is 0.684 bits per heavy atom. The Labute approximate surface area is 454 Å². The third-order valence-electron chi connectivity index (χ3n) is 16.0. The minimum Gasteiger partial charge on any atom is -0.310 e. The predicted octanol–water partition coefficient (Wildman–Crippen LogP) is 19.3. The van der Waals surface area contributed by atoms with Crippen LogP contribution >= 0.6 is 0 Å². The second-order valence-corrected chi connectivity index (χ2v) is 20.0. The van der Waals surface area contributed by atoms with E-state index in [1.54, 1.807) is 12.2 Å². The first-order chi connectivity index (χ1) is 38.6. The predicted molar refractivity (Wildman–Crippen MR) is 307 cm³/mol. The number of nitrogens with zero attached hydrogens (tertiary/aromatic N) is 1. The van der Waals surface area contributed by atoms with Gasteiger partial charge in [0.2, 0.25) is 0 Å². The molecule has 0 fully saturated rings. The number of rotatable bonds is 11. The van der Waals surface area contributed by atoms with Gasteiger partial charge in [-0.25, -0.2) is 26.3 Å². The summed E-state index contributed by atoms with van der Waals surface area (Å²) in [5.74, 6) is -8.42. The maximum absolute atomic E-state index is 17.1. The summed E-state index contributed by atoms with van der Waals surface area (Å²) in [4.78, 5) is 2.05. The molecule has 380 valence electrons. The summed E-state index contributed by atoms with van der Waals surface area (Å²) in [6, 6.07) is 73.2. The summed E-state index contributed by atoms with van der Waals surface area (Å²) in [5.41, 5.74) is 11.3. The molecule has 11 aromatic rings. The van der Waals surface area contributed by atoms with E-state index in [9.17, 15) is 0 Å². The molecular weight excluding hydrogens is 993 g/mol. The van der Waals surface area contributed by atoms with Gasteiger partial charge < -0.3 is 4.90 Å². The number of halogens is 6. The first-order valence-electron chi connectivity index (χ1n) is 25.8. The van der Waals surface area contributed by atoms with Gasteiger partial charge in [-0.15, -0.1) is 0 Å². The van der Waals surface area contributed by atoms with E-state index in [0.717, 1.165) is 67.8 Å². The van der Waals surface area contributed by atoms with Gasteiger partial charge in [-0.05, 0) is 144 Å². The van der Waals surface area contributed by atoms with Crippen molar-refractivity contribution >= 4 is 29.2 Å². The highest BCUT2D eigenvalue weighted by Crippen LogP contribution is 2.60. The molecule has 79 heavy (non-hydrogen) atoms. The zero-order valence-corrected chi connectivity index (χ0v) is 42.3. The Balaban J connectivity index is 1.08. The van der Waals surface area contributed by atoms with E-state index >= 15 is 26.3 Å². The van der Waals surface area contributed by atoms with Gasteiger partial charge >= 0.3 is 0 Å². The second kappa shape index (κ2) is 19.1. The van der Waals surface area contributed by atoms with E-state index in [-0.39, 0.29) is 11.1 Å². The van der Waals surface area contributed by atoms with Crippen LogP contribution in [-0.2, 0) is 10.8 Å². The molecule has 0 aliphatic heterocycles. The zero-order valence-electron chi connectivity index (χ0n) is 42.3. The van der Waals surface area contributed by atoms with Crippen LogP contribution in [0.5, 0.6) is 0 Å². The number of hydrogen-bond acceptors (Lipinski definition) is 1. The number of anilines is 3. The maximum atomic E-state index is 17.1. The van der Waals surface area contributed by atoms with Crippen LogP contribution in [0.15, 0.2) is 250 Å². The molecule has 0 spiro atoms. The van der Waals surface area contributed by atoms with Gasteiger partial charge in [0, 0.05) is 28.2 Å². The molecule has 0 saturated carbocycles. The van der Waals surface area contributed by atoms with Gasteiger partial charge in [0.25, 0.3) is 0 Å². The average Bonchev–Trinajstić information content (AvgIpc) is 2.78. The number of fused-ring (bicyclic) bond motifs is 6. The molecule has 13 rings (SSSR count). The molecule has 1 nitrogen and oxygen atoms in total. The van der Waals surface area contributed by atoms with Crippen molar-refractivity contribution in [2.45, 2.75) is 10.8 Å². The van der Waals surface area contributed by atoms with Crippen LogP contribution < -0.4 is 4.90 Å². The lowest BCUT2D eigenvalue weighted by Crippen LogP contribution is -2.31. The van der Waals surface area contributed by atoms with Crippen molar-refractivity contribution in [2.24, 2.45) is 0 Å². The SMILES string of the molecule is C=Cc1ccc(C2(c3ccc(F)c(F)c3F)c3ccccc3-c3ccc(N(c4ccc(-c5cccc(-c6ccccc6)c5)cc4)c4ccc5c(c4)C(c4ccc(C=C)cc4)(c4ccc(F)c(F)c4F)c4ccccc4-5)cc32)cc1. The fraction of sp³-hybridized carbons (Fsp3) is 0.0278. The first-order valence-corrected chi connectivity index (χ1v) is 25.8. The minimum atomic E-state index is -1.59. The molecule has 0 bridgehead atoms. The monoisotopic (exact) mass is 1040 g/mol. The Morgan fingerprint density at radius 3 is 1.14 bits per heavy atom. The molecule has 11 aromatic carbocycles. The van der Waals surface area contributed by atoms with E-state index in [4.69, 9.17) is 0 Å². The molecule has 0 heterocycles. The normalized spacial score (nSPS) is 15.7. The largest absolute Gasteiger partial charge is 0.310 e.